The highest BCUT2D eigenvalue weighted by atomic mass is 32.1. The summed E-state index contributed by atoms with van der Waals surface area (Å²) in [5, 5.41) is 7.45. The SMILES string of the molecule is Cn1cc(-c2nc(=S)c3c([nH]2)CCNC3)cn1. The van der Waals surface area contributed by atoms with Gasteiger partial charge in [0.2, 0.25) is 0 Å². The summed E-state index contributed by atoms with van der Waals surface area (Å²) in [5.41, 5.74) is 3.29. The molecule has 1 aliphatic rings. The molecule has 0 bridgehead atoms. The van der Waals surface area contributed by atoms with Crippen LogP contribution in [0.5, 0.6) is 0 Å². The Hall–Kier alpha value is -1.53. The third kappa shape index (κ3) is 1.89. The van der Waals surface area contributed by atoms with E-state index in [1.807, 2.05) is 13.2 Å². The van der Waals surface area contributed by atoms with Crippen molar-refractivity contribution in [2.45, 2.75) is 13.0 Å². The Kier molecular flexibility index (Phi) is 2.53. The first-order valence-corrected chi connectivity index (χ1v) is 5.96. The van der Waals surface area contributed by atoms with Crippen LogP contribution in [0.2, 0.25) is 0 Å². The summed E-state index contributed by atoms with van der Waals surface area (Å²) in [6, 6.07) is 0. The van der Waals surface area contributed by atoms with E-state index in [0.29, 0.717) is 4.64 Å². The van der Waals surface area contributed by atoms with Gasteiger partial charge in [-0.3, -0.25) is 4.68 Å². The van der Waals surface area contributed by atoms with E-state index in [4.69, 9.17) is 12.2 Å². The van der Waals surface area contributed by atoms with Crippen LogP contribution in [0.1, 0.15) is 11.3 Å². The number of nitrogens with one attached hydrogen (secondary N) is 2. The Bertz CT molecular complexity index is 613. The maximum atomic E-state index is 5.33. The second-order valence-electron chi connectivity index (χ2n) is 4.18. The minimum atomic E-state index is 0.685. The van der Waals surface area contributed by atoms with E-state index in [1.165, 1.54) is 5.69 Å². The Balaban J connectivity index is 2.13. The van der Waals surface area contributed by atoms with E-state index in [2.05, 4.69) is 20.4 Å². The molecule has 0 atom stereocenters. The van der Waals surface area contributed by atoms with Crippen molar-refractivity contribution in [2.24, 2.45) is 7.05 Å². The molecule has 88 valence electrons. The summed E-state index contributed by atoms with van der Waals surface area (Å²) in [6.07, 6.45) is 4.69. The molecule has 3 rings (SSSR count). The van der Waals surface area contributed by atoms with Gasteiger partial charge < -0.3 is 10.3 Å². The van der Waals surface area contributed by atoms with Gasteiger partial charge in [-0.1, -0.05) is 12.2 Å². The van der Waals surface area contributed by atoms with E-state index < -0.39 is 0 Å². The highest BCUT2D eigenvalue weighted by Crippen LogP contribution is 2.18. The summed E-state index contributed by atoms with van der Waals surface area (Å²) >= 11 is 5.33. The standard InChI is InChI=1S/C11H13N5S/c1-16-6-7(4-13-16)10-14-9-2-3-12-5-8(9)11(17)15-10/h4,6,12H,2-3,5H2,1H3,(H,14,15,17). The number of hydrogen-bond acceptors (Lipinski definition) is 4. The van der Waals surface area contributed by atoms with Crippen molar-refractivity contribution in [3.63, 3.8) is 0 Å². The molecular formula is C11H13N5S. The van der Waals surface area contributed by atoms with Gasteiger partial charge in [0.25, 0.3) is 0 Å². The predicted molar refractivity (Wildman–Crippen MR) is 67.0 cm³/mol. The van der Waals surface area contributed by atoms with Gasteiger partial charge in [-0.15, -0.1) is 0 Å². The zero-order valence-electron chi connectivity index (χ0n) is 9.53. The van der Waals surface area contributed by atoms with Crippen LogP contribution in [0.15, 0.2) is 12.4 Å². The van der Waals surface area contributed by atoms with E-state index in [1.54, 1.807) is 10.9 Å². The lowest BCUT2D eigenvalue weighted by Crippen LogP contribution is -2.25. The Morgan fingerprint density at radius 3 is 3.12 bits per heavy atom. The molecule has 1 aliphatic heterocycles. The summed E-state index contributed by atoms with van der Waals surface area (Å²) in [6.45, 7) is 1.79. The second-order valence-corrected chi connectivity index (χ2v) is 4.56. The molecule has 0 spiro atoms. The first-order valence-electron chi connectivity index (χ1n) is 5.56. The Morgan fingerprint density at radius 1 is 1.47 bits per heavy atom. The smallest absolute Gasteiger partial charge is 0.142 e. The third-order valence-corrected chi connectivity index (χ3v) is 3.27. The van der Waals surface area contributed by atoms with Gasteiger partial charge in [0.05, 0.1) is 11.8 Å². The fourth-order valence-electron chi connectivity index (χ4n) is 2.05. The fraction of sp³-hybridized carbons (Fsp3) is 0.364. The minimum Gasteiger partial charge on any atom is -0.343 e. The van der Waals surface area contributed by atoms with Gasteiger partial charge in [-0.05, 0) is 0 Å². The number of nitrogens with zero attached hydrogens (tertiary/aromatic N) is 3. The van der Waals surface area contributed by atoms with Crippen LogP contribution in [0.25, 0.3) is 11.4 Å². The van der Waals surface area contributed by atoms with Crippen molar-refractivity contribution in [1.82, 2.24) is 25.1 Å². The summed E-state index contributed by atoms with van der Waals surface area (Å²) < 4.78 is 2.44. The van der Waals surface area contributed by atoms with Crippen molar-refractivity contribution in [1.29, 1.82) is 0 Å². The molecule has 2 aromatic heterocycles. The molecule has 0 radical (unpaired) electrons. The van der Waals surface area contributed by atoms with Gasteiger partial charge in [0.15, 0.2) is 0 Å². The van der Waals surface area contributed by atoms with Crippen LogP contribution in [0.3, 0.4) is 0 Å². The molecule has 6 heteroatoms. The molecule has 0 aromatic carbocycles. The third-order valence-electron chi connectivity index (χ3n) is 2.94. The van der Waals surface area contributed by atoms with Crippen molar-refractivity contribution in [3.05, 3.63) is 28.3 Å². The normalized spacial score (nSPS) is 14.6. The van der Waals surface area contributed by atoms with Crippen LogP contribution in [-0.4, -0.2) is 26.3 Å². The quantitative estimate of drug-likeness (QED) is 0.743. The van der Waals surface area contributed by atoms with Crippen LogP contribution >= 0.6 is 12.2 Å². The van der Waals surface area contributed by atoms with Gasteiger partial charge in [0.1, 0.15) is 10.5 Å². The molecule has 0 aliphatic carbocycles. The predicted octanol–water partition coefficient (Wildman–Crippen LogP) is 1.19. The maximum Gasteiger partial charge on any atom is 0.142 e. The van der Waals surface area contributed by atoms with E-state index >= 15 is 0 Å². The number of H-pyrrole nitrogens is 1. The lowest BCUT2D eigenvalue weighted by molar-refractivity contribution is 0.624. The van der Waals surface area contributed by atoms with Gasteiger partial charge in [0, 0.05) is 44.0 Å². The lowest BCUT2D eigenvalue weighted by Gasteiger charge is -2.17. The Morgan fingerprint density at radius 2 is 2.35 bits per heavy atom. The number of rotatable bonds is 1. The molecule has 2 aromatic rings. The number of aromatic amines is 1. The largest absolute Gasteiger partial charge is 0.343 e. The van der Waals surface area contributed by atoms with Crippen molar-refractivity contribution >= 4 is 12.2 Å². The van der Waals surface area contributed by atoms with E-state index in [9.17, 15) is 0 Å². The summed E-state index contributed by atoms with van der Waals surface area (Å²) in [5.74, 6) is 0.809. The van der Waals surface area contributed by atoms with Crippen molar-refractivity contribution < 1.29 is 0 Å². The zero-order chi connectivity index (χ0) is 11.8. The molecule has 2 N–H and O–H groups in total. The van der Waals surface area contributed by atoms with E-state index in [-0.39, 0.29) is 0 Å². The highest BCUT2D eigenvalue weighted by molar-refractivity contribution is 7.71. The first kappa shape index (κ1) is 10.6. The second kappa shape index (κ2) is 4.05. The van der Waals surface area contributed by atoms with Gasteiger partial charge in [-0.2, -0.15) is 5.10 Å². The molecule has 3 heterocycles. The number of aryl methyl sites for hydroxylation is 1. The van der Waals surface area contributed by atoms with Gasteiger partial charge >= 0.3 is 0 Å². The number of fused-ring (bicyclic) bond motifs is 1. The summed E-state index contributed by atoms with van der Waals surface area (Å²) in [4.78, 5) is 7.80. The molecule has 17 heavy (non-hydrogen) atoms. The molecule has 0 unspecified atom stereocenters. The molecule has 0 saturated carbocycles. The first-order chi connectivity index (χ1) is 8.24. The lowest BCUT2D eigenvalue weighted by atomic mass is 10.1. The molecule has 0 amide bonds. The minimum absolute atomic E-state index is 0.685. The van der Waals surface area contributed by atoms with Gasteiger partial charge in [-0.25, -0.2) is 4.98 Å². The van der Waals surface area contributed by atoms with Crippen LogP contribution in [0.4, 0.5) is 0 Å². The van der Waals surface area contributed by atoms with Crippen molar-refractivity contribution in [3.8, 4) is 11.4 Å². The van der Waals surface area contributed by atoms with Crippen LogP contribution in [0, 0.1) is 4.64 Å². The Labute approximate surface area is 104 Å². The average Bonchev–Trinajstić information content (AvgIpc) is 2.76. The maximum absolute atomic E-state index is 5.33. The van der Waals surface area contributed by atoms with Crippen molar-refractivity contribution in [2.75, 3.05) is 6.54 Å². The van der Waals surface area contributed by atoms with Crippen LogP contribution in [-0.2, 0) is 20.0 Å². The number of hydrogen-bond donors (Lipinski definition) is 2. The van der Waals surface area contributed by atoms with Crippen LogP contribution < -0.4 is 5.32 Å². The highest BCUT2D eigenvalue weighted by Gasteiger charge is 2.13. The van der Waals surface area contributed by atoms with E-state index in [0.717, 1.165) is 36.5 Å². The zero-order valence-corrected chi connectivity index (χ0v) is 10.3. The number of aromatic nitrogens is 4. The summed E-state index contributed by atoms with van der Waals surface area (Å²) in [7, 11) is 1.89. The topological polar surface area (TPSA) is 58.5 Å². The molecule has 0 fully saturated rings. The average molecular weight is 247 g/mol. The molecular weight excluding hydrogens is 234 g/mol. The molecule has 0 saturated heterocycles. The monoisotopic (exact) mass is 247 g/mol. The molecule has 5 nitrogen and oxygen atoms in total. The fourth-order valence-corrected chi connectivity index (χ4v) is 2.33.